The first-order valence-electron chi connectivity index (χ1n) is 6.77. The van der Waals surface area contributed by atoms with E-state index >= 15 is 0 Å². The molecule has 0 heterocycles. The average Bonchev–Trinajstić information content (AvgIpc) is 2.40. The zero-order chi connectivity index (χ0) is 13.9. The highest BCUT2D eigenvalue weighted by atomic mass is 79.9. The van der Waals surface area contributed by atoms with Crippen LogP contribution < -0.4 is 5.32 Å². The Bertz CT molecular complexity index is 467. The van der Waals surface area contributed by atoms with Gasteiger partial charge in [0.25, 0.3) is 5.91 Å². The van der Waals surface area contributed by atoms with Gasteiger partial charge in [0.15, 0.2) is 0 Å². The Morgan fingerprint density at radius 3 is 2.68 bits per heavy atom. The van der Waals surface area contributed by atoms with E-state index in [2.05, 4.69) is 28.2 Å². The van der Waals surface area contributed by atoms with Crippen LogP contribution >= 0.6 is 15.9 Å². The lowest BCUT2D eigenvalue weighted by Gasteiger charge is -2.33. The topological polar surface area (TPSA) is 49.3 Å². The summed E-state index contributed by atoms with van der Waals surface area (Å²) in [6.07, 6.45) is 6.18. The molecule has 1 aliphatic rings. The zero-order valence-corrected chi connectivity index (χ0v) is 12.8. The molecule has 0 saturated heterocycles. The second-order valence-electron chi connectivity index (χ2n) is 5.72. The summed E-state index contributed by atoms with van der Waals surface area (Å²) < 4.78 is 0.600. The van der Waals surface area contributed by atoms with Crippen LogP contribution in [0.15, 0.2) is 22.7 Å². The van der Waals surface area contributed by atoms with Crippen molar-refractivity contribution in [3.8, 4) is 5.75 Å². The lowest BCUT2D eigenvalue weighted by atomic mass is 9.76. The molecular formula is C15H20BrNO2. The molecule has 0 atom stereocenters. The summed E-state index contributed by atoms with van der Waals surface area (Å²) in [5, 5.41) is 12.6. The number of nitrogens with one attached hydrogen (secondary N) is 1. The summed E-state index contributed by atoms with van der Waals surface area (Å²) in [5.41, 5.74) is 0.728. The van der Waals surface area contributed by atoms with Gasteiger partial charge >= 0.3 is 0 Å². The monoisotopic (exact) mass is 325 g/mol. The Balaban J connectivity index is 1.95. The van der Waals surface area contributed by atoms with Crippen LogP contribution in [0.25, 0.3) is 0 Å². The molecule has 2 N–H and O–H groups in total. The minimum Gasteiger partial charge on any atom is -0.507 e. The van der Waals surface area contributed by atoms with E-state index in [1.807, 2.05) is 0 Å². The Labute approximate surface area is 122 Å². The third-order valence-electron chi connectivity index (χ3n) is 3.94. The number of halogens is 1. The smallest absolute Gasteiger partial charge is 0.251 e. The fourth-order valence-electron chi connectivity index (χ4n) is 2.63. The van der Waals surface area contributed by atoms with Gasteiger partial charge in [-0.05, 0) is 52.4 Å². The van der Waals surface area contributed by atoms with Crippen molar-refractivity contribution < 1.29 is 9.90 Å². The molecule has 0 radical (unpaired) electrons. The lowest BCUT2D eigenvalue weighted by Crippen LogP contribution is -2.37. The number of carbonyl (C=O) groups is 1. The van der Waals surface area contributed by atoms with Gasteiger partial charge in [0.2, 0.25) is 0 Å². The Morgan fingerprint density at radius 2 is 2.05 bits per heavy atom. The van der Waals surface area contributed by atoms with Gasteiger partial charge in [-0.1, -0.05) is 26.2 Å². The van der Waals surface area contributed by atoms with E-state index in [-0.39, 0.29) is 17.1 Å². The van der Waals surface area contributed by atoms with Gasteiger partial charge < -0.3 is 10.4 Å². The van der Waals surface area contributed by atoms with E-state index in [4.69, 9.17) is 0 Å². The second-order valence-corrected chi connectivity index (χ2v) is 6.57. The largest absolute Gasteiger partial charge is 0.507 e. The fraction of sp³-hybridized carbons (Fsp3) is 0.533. The maximum atomic E-state index is 12.1. The van der Waals surface area contributed by atoms with Crippen LogP contribution in [0.3, 0.4) is 0 Å². The highest BCUT2D eigenvalue weighted by molar-refractivity contribution is 9.10. The molecule has 19 heavy (non-hydrogen) atoms. The van der Waals surface area contributed by atoms with Crippen molar-refractivity contribution in [2.24, 2.45) is 5.41 Å². The van der Waals surface area contributed by atoms with E-state index in [0.29, 0.717) is 16.6 Å². The molecule has 0 spiro atoms. The van der Waals surface area contributed by atoms with Gasteiger partial charge in [0.05, 0.1) is 4.47 Å². The maximum Gasteiger partial charge on any atom is 0.251 e. The Kier molecular flexibility index (Phi) is 4.50. The van der Waals surface area contributed by atoms with Gasteiger partial charge in [-0.2, -0.15) is 0 Å². The SMILES string of the molecule is CC1(CNC(=O)c2ccc(Br)c(O)c2)CCCCC1. The summed E-state index contributed by atoms with van der Waals surface area (Å²) in [6, 6.07) is 4.89. The fourth-order valence-corrected chi connectivity index (χ4v) is 2.88. The summed E-state index contributed by atoms with van der Waals surface area (Å²) in [6.45, 7) is 2.95. The molecule has 0 bridgehead atoms. The van der Waals surface area contributed by atoms with E-state index in [0.717, 1.165) is 0 Å². The molecule has 0 unspecified atom stereocenters. The molecule has 1 aliphatic carbocycles. The van der Waals surface area contributed by atoms with Crippen LogP contribution in [0.5, 0.6) is 5.75 Å². The Hall–Kier alpha value is -1.03. The average molecular weight is 326 g/mol. The van der Waals surface area contributed by atoms with Crippen LogP contribution in [0.2, 0.25) is 0 Å². The first-order valence-corrected chi connectivity index (χ1v) is 7.56. The number of carbonyl (C=O) groups excluding carboxylic acids is 1. The molecular weight excluding hydrogens is 306 g/mol. The van der Waals surface area contributed by atoms with Crippen LogP contribution in [0, 0.1) is 5.41 Å². The number of hydrogen-bond donors (Lipinski definition) is 2. The van der Waals surface area contributed by atoms with Crippen molar-refractivity contribution in [3.63, 3.8) is 0 Å². The van der Waals surface area contributed by atoms with Gasteiger partial charge in [-0.3, -0.25) is 4.79 Å². The number of aromatic hydroxyl groups is 1. The minimum atomic E-state index is -0.116. The second kappa shape index (κ2) is 5.95. The van der Waals surface area contributed by atoms with E-state index in [9.17, 15) is 9.90 Å². The van der Waals surface area contributed by atoms with Crippen molar-refractivity contribution >= 4 is 21.8 Å². The molecule has 104 valence electrons. The molecule has 1 fully saturated rings. The third kappa shape index (κ3) is 3.72. The summed E-state index contributed by atoms with van der Waals surface area (Å²) in [4.78, 5) is 12.1. The number of amides is 1. The minimum absolute atomic E-state index is 0.0940. The van der Waals surface area contributed by atoms with Crippen LogP contribution in [0.1, 0.15) is 49.4 Å². The van der Waals surface area contributed by atoms with Gasteiger partial charge in [-0.15, -0.1) is 0 Å². The molecule has 0 aliphatic heterocycles. The van der Waals surface area contributed by atoms with Crippen molar-refractivity contribution in [2.75, 3.05) is 6.54 Å². The van der Waals surface area contributed by atoms with Gasteiger partial charge in [-0.25, -0.2) is 0 Å². The maximum absolute atomic E-state index is 12.1. The Morgan fingerprint density at radius 1 is 1.37 bits per heavy atom. The van der Waals surface area contributed by atoms with Crippen LogP contribution in [-0.2, 0) is 0 Å². The van der Waals surface area contributed by atoms with E-state index in [1.54, 1.807) is 12.1 Å². The molecule has 1 amide bonds. The first kappa shape index (κ1) is 14.4. The highest BCUT2D eigenvalue weighted by Gasteiger charge is 2.27. The number of hydrogen-bond acceptors (Lipinski definition) is 2. The van der Waals surface area contributed by atoms with Gasteiger partial charge in [0, 0.05) is 12.1 Å². The van der Waals surface area contributed by atoms with Crippen molar-refractivity contribution in [1.29, 1.82) is 0 Å². The van der Waals surface area contributed by atoms with Gasteiger partial charge in [0.1, 0.15) is 5.75 Å². The van der Waals surface area contributed by atoms with Crippen molar-refractivity contribution in [2.45, 2.75) is 39.0 Å². The third-order valence-corrected chi connectivity index (χ3v) is 4.62. The van der Waals surface area contributed by atoms with Crippen molar-refractivity contribution in [3.05, 3.63) is 28.2 Å². The van der Waals surface area contributed by atoms with Crippen LogP contribution in [0.4, 0.5) is 0 Å². The van der Waals surface area contributed by atoms with E-state index in [1.165, 1.54) is 38.2 Å². The molecule has 1 aromatic rings. The number of benzene rings is 1. The number of phenols is 1. The summed E-state index contributed by atoms with van der Waals surface area (Å²) in [5.74, 6) is -0.0221. The first-order chi connectivity index (χ1) is 9.00. The zero-order valence-electron chi connectivity index (χ0n) is 11.2. The predicted octanol–water partition coefficient (Wildman–Crippen LogP) is 3.85. The van der Waals surface area contributed by atoms with Crippen LogP contribution in [-0.4, -0.2) is 17.6 Å². The van der Waals surface area contributed by atoms with Crippen molar-refractivity contribution in [1.82, 2.24) is 5.32 Å². The normalized spacial score (nSPS) is 18.0. The predicted molar refractivity (Wildman–Crippen MR) is 79.3 cm³/mol. The molecule has 3 nitrogen and oxygen atoms in total. The lowest BCUT2D eigenvalue weighted by molar-refractivity contribution is 0.0919. The molecule has 1 aromatic carbocycles. The number of rotatable bonds is 3. The summed E-state index contributed by atoms with van der Waals surface area (Å²) in [7, 11) is 0. The molecule has 2 rings (SSSR count). The van der Waals surface area contributed by atoms with E-state index < -0.39 is 0 Å². The molecule has 0 aromatic heterocycles. The molecule has 1 saturated carbocycles. The summed E-state index contributed by atoms with van der Waals surface area (Å²) >= 11 is 3.21. The standard InChI is InChI=1S/C15H20BrNO2/c1-15(7-3-2-4-8-15)10-17-14(19)11-5-6-12(16)13(18)9-11/h5-6,9,18H,2-4,7-8,10H2,1H3,(H,17,19). The molecule has 4 heteroatoms. The highest BCUT2D eigenvalue weighted by Crippen LogP contribution is 2.35. The quantitative estimate of drug-likeness (QED) is 0.886. The number of phenolic OH excluding ortho intramolecular Hbond substituents is 1.